The number of hydrogen-bond acceptors (Lipinski definition) is 5. The number of likely N-dealkylation sites (tertiary alicyclic amines) is 1. The molecule has 0 radical (unpaired) electrons. The molecular weight excluding hydrogens is 499 g/mol. The van der Waals surface area contributed by atoms with Crippen molar-refractivity contribution in [3.63, 3.8) is 0 Å². The Hall–Kier alpha value is -1.64. The number of carbonyl (C=O) groups excluding carboxylic acids is 4. The predicted molar refractivity (Wildman–Crippen MR) is 113 cm³/mol. The molecule has 1 aromatic carbocycles. The molecule has 3 amide bonds. The maximum absolute atomic E-state index is 12.7. The van der Waals surface area contributed by atoms with E-state index in [9.17, 15) is 19.2 Å². The molecule has 1 aliphatic heterocycles. The lowest BCUT2D eigenvalue weighted by Crippen LogP contribution is -2.38. The Morgan fingerprint density at radius 3 is 2.33 bits per heavy atom. The summed E-state index contributed by atoms with van der Waals surface area (Å²) in [7, 11) is 0. The van der Waals surface area contributed by atoms with Gasteiger partial charge in [0, 0.05) is 10.2 Å². The molecule has 30 heavy (non-hydrogen) atoms. The van der Waals surface area contributed by atoms with Crippen LogP contribution in [0.3, 0.4) is 0 Å². The fourth-order valence-corrected chi connectivity index (χ4v) is 6.21. The minimum absolute atomic E-state index is 0.151. The number of alkyl halides is 2. The lowest BCUT2D eigenvalue weighted by atomic mass is 9.80. The van der Waals surface area contributed by atoms with E-state index in [1.807, 2.05) is 13.0 Å². The highest BCUT2D eigenvalue weighted by molar-refractivity contribution is 9.10. The Morgan fingerprint density at radius 1 is 1.17 bits per heavy atom. The summed E-state index contributed by atoms with van der Waals surface area (Å²) in [5, 5.41) is 1.94. The summed E-state index contributed by atoms with van der Waals surface area (Å²) >= 11 is 16.0. The van der Waals surface area contributed by atoms with Crippen LogP contribution in [0.5, 0.6) is 0 Å². The van der Waals surface area contributed by atoms with Gasteiger partial charge in [0.15, 0.2) is 6.61 Å². The highest BCUT2D eigenvalue weighted by atomic mass is 79.9. The van der Waals surface area contributed by atoms with Crippen molar-refractivity contribution in [1.29, 1.82) is 0 Å². The van der Waals surface area contributed by atoms with E-state index in [2.05, 4.69) is 21.2 Å². The fraction of sp³-hybridized carbons (Fsp3) is 0.500. The average Bonchev–Trinajstić information content (AvgIpc) is 3.29. The molecule has 6 atom stereocenters. The molecule has 2 bridgehead atoms. The lowest BCUT2D eigenvalue weighted by Gasteiger charge is -2.28. The molecular formula is C20H19BrCl2N2O5. The number of fused-ring (bicyclic) bond motifs is 5. The largest absolute Gasteiger partial charge is 0.454 e. The molecule has 3 aliphatic rings. The smallest absolute Gasteiger partial charge is 0.326 e. The summed E-state index contributed by atoms with van der Waals surface area (Å²) in [6, 6.07) is 5.34. The second-order valence-electron chi connectivity index (χ2n) is 7.93. The van der Waals surface area contributed by atoms with Crippen LogP contribution in [0.1, 0.15) is 12.0 Å². The number of aryl methyl sites for hydroxylation is 1. The lowest BCUT2D eigenvalue weighted by molar-refractivity contribution is -0.154. The molecule has 2 aliphatic carbocycles. The van der Waals surface area contributed by atoms with E-state index in [0.717, 1.165) is 14.9 Å². The van der Waals surface area contributed by atoms with E-state index in [0.29, 0.717) is 12.1 Å². The number of imide groups is 1. The van der Waals surface area contributed by atoms with Gasteiger partial charge in [-0.1, -0.05) is 15.9 Å². The fourth-order valence-electron chi connectivity index (χ4n) is 4.84. The van der Waals surface area contributed by atoms with Crippen LogP contribution < -0.4 is 5.32 Å². The van der Waals surface area contributed by atoms with Gasteiger partial charge in [0.2, 0.25) is 11.8 Å². The number of anilines is 1. The van der Waals surface area contributed by atoms with Crippen LogP contribution in [-0.4, -0.2) is 52.5 Å². The maximum Gasteiger partial charge on any atom is 0.326 e. The summed E-state index contributed by atoms with van der Waals surface area (Å²) in [4.78, 5) is 50.6. The zero-order chi connectivity index (χ0) is 21.7. The molecule has 1 N–H and O–H groups in total. The van der Waals surface area contributed by atoms with E-state index in [4.69, 9.17) is 27.9 Å². The molecule has 4 rings (SSSR count). The SMILES string of the molecule is Cc1cc(Br)ccc1NC(=O)COC(=O)CN1C(=O)[C@@H]2[C@H]3C[C@@H]([C@@H](Cl)[C@H]3Cl)[C@H]2C1=O. The van der Waals surface area contributed by atoms with Gasteiger partial charge in [-0.3, -0.25) is 24.1 Å². The van der Waals surface area contributed by atoms with Gasteiger partial charge >= 0.3 is 5.97 Å². The Balaban J connectivity index is 1.32. The third-order valence-corrected chi connectivity index (χ3v) is 8.00. The number of benzene rings is 1. The topological polar surface area (TPSA) is 92.8 Å². The van der Waals surface area contributed by atoms with Crippen LogP contribution in [-0.2, 0) is 23.9 Å². The van der Waals surface area contributed by atoms with Gasteiger partial charge in [0.05, 0.1) is 22.6 Å². The number of carbonyl (C=O) groups is 4. The van der Waals surface area contributed by atoms with Crippen LogP contribution >= 0.6 is 39.1 Å². The molecule has 2 saturated carbocycles. The number of amides is 3. The molecule has 10 heteroatoms. The van der Waals surface area contributed by atoms with Gasteiger partial charge in [-0.15, -0.1) is 23.2 Å². The maximum atomic E-state index is 12.7. The minimum Gasteiger partial charge on any atom is -0.454 e. The van der Waals surface area contributed by atoms with Crippen LogP contribution in [0.15, 0.2) is 22.7 Å². The van der Waals surface area contributed by atoms with E-state index in [1.165, 1.54) is 0 Å². The van der Waals surface area contributed by atoms with Crippen molar-refractivity contribution < 1.29 is 23.9 Å². The summed E-state index contributed by atoms with van der Waals surface area (Å²) < 4.78 is 5.85. The summed E-state index contributed by atoms with van der Waals surface area (Å²) in [6.45, 7) is 0.794. The summed E-state index contributed by atoms with van der Waals surface area (Å²) in [5.74, 6) is -3.48. The van der Waals surface area contributed by atoms with E-state index >= 15 is 0 Å². The first kappa shape index (κ1) is 21.6. The van der Waals surface area contributed by atoms with E-state index in [-0.39, 0.29) is 22.6 Å². The van der Waals surface area contributed by atoms with Crippen LogP contribution in [0, 0.1) is 30.6 Å². The molecule has 0 unspecified atom stereocenters. The molecule has 1 saturated heterocycles. The number of nitrogens with one attached hydrogen (secondary N) is 1. The van der Waals surface area contributed by atoms with Crippen LogP contribution in [0.25, 0.3) is 0 Å². The molecule has 7 nitrogen and oxygen atoms in total. The second-order valence-corrected chi connectivity index (χ2v) is 9.86. The molecule has 1 heterocycles. The molecule has 0 aromatic heterocycles. The Bertz CT molecular complexity index is 910. The van der Waals surface area contributed by atoms with Gasteiger partial charge < -0.3 is 10.1 Å². The quantitative estimate of drug-likeness (QED) is 0.368. The number of ether oxygens (including phenoxy) is 1. The van der Waals surface area contributed by atoms with Gasteiger partial charge in [0.25, 0.3) is 5.91 Å². The first-order valence-corrected chi connectivity index (χ1v) is 11.2. The zero-order valence-corrected chi connectivity index (χ0v) is 19.0. The number of hydrogen-bond donors (Lipinski definition) is 1. The monoisotopic (exact) mass is 516 g/mol. The van der Waals surface area contributed by atoms with Crippen LogP contribution in [0.4, 0.5) is 5.69 Å². The first-order valence-electron chi connectivity index (χ1n) is 9.54. The highest BCUT2D eigenvalue weighted by Gasteiger charge is 2.66. The van der Waals surface area contributed by atoms with Gasteiger partial charge in [0.1, 0.15) is 6.54 Å². The molecule has 3 fully saturated rings. The average molecular weight is 518 g/mol. The Kier molecular flexibility index (Phi) is 5.85. The van der Waals surface area contributed by atoms with Crippen molar-refractivity contribution in [2.24, 2.45) is 23.7 Å². The van der Waals surface area contributed by atoms with Crippen molar-refractivity contribution in [1.82, 2.24) is 4.90 Å². The third kappa shape index (κ3) is 3.63. The minimum atomic E-state index is -0.823. The predicted octanol–water partition coefficient (Wildman–Crippen LogP) is 2.70. The van der Waals surface area contributed by atoms with E-state index in [1.54, 1.807) is 12.1 Å². The number of esters is 1. The number of halogens is 3. The number of rotatable bonds is 5. The van der Waals surface area contributed by atoms with Crippen molar-refractivity contribution >= 4 is 68.5 Å². The summed E-state index contributed by atoms with van der Waals surface area (Å²) in [6.07, 6.45) is 0.656. The van der Waals surface area contributed by atoms with Gasteiger partial charge in [-0.2, -0.15) is 0 Å². The summed E-state index contributed by atoms with van der Waals surface area (Å²) in [5.41, 5.74) is 1.44. The molecule has 0 spiro atoms. The zero-order valence-electron chi connectivity index (χ0n) is 15.9. The van der Waals surface area contributed by atoms with Crippen molar-refractivity contribution in [3.05, 3.63) is 28.2 Å². The number of nitrogens with zero attached hydrogens (tertiary/aromatic N) is 1. The molecule has 160 valence electrons. The highest BCUT2D eigenvalue weighted by Crippen LogP contribution is 2.59. The van der Waals surface area contributed by atoms with Crippen molar-refractivity contribution in [3.8, 4) is 0 Å². The van der Waals surface area contributed by atoms with Crippen LogP contribution in [0.2, 0.25) is 0 Å². The Morgan fingerprint density at radius 2 is 1.77 bits per heavy atom. The normalized spacial score (nSPS) is 31.8. The van der Waals surface area contributed by atoms with Crippen molar-refractivity contribution in [2.75, 3.05) is 18.5 Å². The van der Waals surface area contributed by atoms with Gasteiger partial charge in [-0.25, -0.2) is 0 Å². The standard InChI is InChI=1S/C20H19BrCl2N2O5/c1-8-4-9(21)2-3-12(8)24-13(26)7-30-14(27)6-25-19(28)15-10-5-11(16(15)20(25)29)18(23)17(10)22/h2-4,10-11,15-18H,5-7H2,1H3,(H,24,26)/t10-,11-,15-,16-,17-,18+/m1/s1. The van der Waals surface area contributed by atoms with Crippen molar-refractivity contribution in [2.45, 2.75) is 24.1 Å². The third-order valence-electron chi connectivity index (χ3n) is 6.19. The van der Waals surface area contributed by atoms with Gasteiger partial charge in [-0.05, 0) is 48.9 Å². The molecule has 1 aromatic rings. The van der Waals surface area contributed by atoms with E-state index < -0.39 is 48.7 Å². The first-order chi connectivity index (χ1) is 14.2. The Labute approximate surface area is 191 Å². The second kappa shape index (κ2) is 8.13.